The van der Waals surface area contributed by atoms with E-state index in [1.165, 1.54) is 11.3 Å². The molecular weight excluding hydrogens is 210 g/mol. The molecule has 0 amide bonds. The van der Waals surface area contributed by atoms with Gasteiger partial charge in [0.2, 0.25) is 0 Å². The minimum Gasteiger partial charge on any atom is -0.481 e. The Bertz CT molecular complexity index is 333. The number of aryl methyl sites for hydroxylation is 1. The first-order valence-corrected chi connectivity index (χ1v) is 4.91. The Labute approximate surface area is 84.2 Å². The number of carbonyl (C=O) groups is 1. The minimum atomic E-state index is -3.15. The largest absolute Gasteiger partial charge is 0.481 e. The molecule has 1 aromatic heterocycles. The van der Waals surface area contributed by atoms with Crippen LogP contribution >= 0.6 is 11.3 Å². The van der Waals surface area contributed by atoms with Crippen molar-refractivity contribution in [1.29, 1.82) is 0 Å². The molecule has 14 heavy (non-hydrogen) atoms. The number of rotatable bonds is 4. The van der Waals surface area contributed by atoms with Gasteiger partial charge in [0.15, 0.2) is 0 Å². The lowest BCUT2D eigenvalue weighted by atomic mass is 10.1. The SMILES string of the molecule is Cc1ccsc1CC(F)(F)CC(=O)O. The lowest BCUT2D eigenvalue weighted by Gasteiger charge is -2.12. The second-order valence-electron chi connectivity index (χ2n) is 3.13. The predicted molar refractivity (Wildman–Crippen MR) is 50.0 cm³/mol. The third kappa shape index (κ3) is 3.06. The van der Waals surface area contributed by atoms with Gasteiger partial charge in [-0.1, -0.05) is 0 Å². The first kappa shape index (κ1) is 11.1. The molecule has 0 spiro atoms. The van der Waals surface area contributed by atoms with Gasteiger partial charge in [0.25, 0.3) is 5.92 Å². The highest BCUT2D eigenvalue weighted by molar-refractivity contribution is 7.10. The van der Waals surface area contributed by atoms with Crippen molar-refractivity contribution >= 4 is 17.3 Å². The summed E-state index contributed by atoms with van der Waals surface area (Å²) in [6.45, 7) is 1.74. The van der Waals surface area contributed by atoms with Crippen LogP contribution in [0.15, 0.2) is 11.4 Å². The van der Waals surface area contributed by atoms with Crippen molar-refractivity contribution in [2.75, 3.05) is 0 Å². The molecule has 0 bridgehead atoms. The maximum absolute atomic E-state index is 13.0. The second kappa shape index (κ2) is 4.04. The number of halogens is 2. The predicted octanol–water partition coefficient (Wildman–Crippen LogP) is 2.71. The van der Waals surface area contributed by atoms with E-state index in [0.29, 0.717) is 4.88 Å². The molecule has 78 valence electrons. The Hall–Kier alpha value is -0.970. The molecule has 0 unspecified atom stereocenters. The molecule has 0 fully saturated rings. The first-order valence-electron chi connectivity index (χ1n) is 4.03. The Kier molecular flexibility index (Phi) is 3.21. The molecule has 0 saturated carbocycles. The van der Waals surface area contributed by atoms with Gasteiger partial charge in [-0.3, -0.25) is 4.79 Å². The summed E-state index contributed by atoms with van der Waals surface area (Å²) in [6.07, 6.45) is -1.59. The van der Waals surface area contributed by atoms with Gasteiger partial charge in [-0.2, -0.15) is 0 Å². The molecule has 1 N–H and O–H groups in total. The van der Waals surface area contributed by atoms with Crippen molar-refractivity contribution in [2.24, 2.45) is 0 Å². The van der Waals surface area contributed by atoms with Crippen LogP contribution in [-0.2, 0) is 11.2 Å². The Balaban J connectivity index is 2.68. The van der Waals surface area contributed by atoms with E-state index in [-0.39, 0.29) is 0 Å². The van der Waals surface area contributed by atoms with Crippen molar-refractivity contribution in [2.45, 2.75) is 25.7 Å². The molecule has 2 nitrogen and oxygen atoms in total. The normalized spacial score (nSPS) is 11.6. The van der Waals surface area contributed by atoms with Gasteiger partial charge in [0.1, 0.15) is 6.42 Å². The molecular formula is C9H10F2O2S. The maximum Gasteiger partial charge on any atom is 0.309 e. The van der Waals surface area contributed by atoms with Crippen molar-refractivity contribution in [3.05, 3.63) is 21.9 Å². The molecule has 1 heterocycles. The van der Waals surface area contributed by atoms with Gasteiger partial charge in [0, 0.05) is 11.3 Å². The monoisotopic (exact) mass is 220 g/mol. The molecule has 0 aliphatic carbocycles. The van der Waals surface area contributed by atoms with Crippen molar-refractivity contribution < 1.29 is 18.7 Å². The molecule has 1 rings (SSSR count). The lowest BCUT2D eigenvalue weighted by Crippen LogP contribution is -2.23. The number of hydrogen-bond acceptors (Lipinski definition) is 2. The molecule has 0 radical (unpaired) electrons. The van der Waals surface area contributed by atoms with Crippen molar-refractivity contribution in [3.63, 3.8) is 0 Å². The standard InChI is InChI=1S/C9H10F2O2S/c1-6-2-3-14-7(6)4-9(10,11)5-8(12)13/h2-3H,4-5H2,1H3,(H,12,13). The highest BCUT2D eigenvalue weighted by atomic mass is 32.1. The van der Waals surface area contributed by atoms with Gasteiger partial charge >= 0.3 is 5.97 Å². The number of carboxylic acid groups (broad SMARTS) is 1. The quantitative estimate of drug-likeness (QED) is 0.847. The van der Waals surface area contributed by atoms with Gasteiger partial charge in [-0.15, -0.1) is 11.3 Å². The molecule has 0 aliphatic rings. The lowest BCUT2D eigenvalue weighted by molar-refractivity contribution is -0.144. The number of aliphatic carboxylic acids is 1. The van der Waals surface area contributed by atoms with Gasteiger partial charge < -0.3 is 5.11 Å². The molecule has 0 aromatic carbocycles. The van der Waals surface area contributed by atoms with Gasteiger partial charge in [-0.05, 0) is 23.9 Å². The summed E-state index contributed by atoms with van der Waals surface area (Å²) in [4.78, 5) is 10.7. The van der Waals surface area contributed by atoms with Crippen LogP contribution in [0.25, 0.3) is 0 Å². The summed E-state index contributed by atoms with van der Waals surface area (Å²) < 4.78 is 26.1. The average molecular weight is 220 g/mol. The Morgan fingerprint density at radius 3 is 2.71 bits per heavy atom. The zero-order valence-electron chi connectivity index (χ0n) is 7.59. The smallest absolute Gasteiger partial charge is 0.309 e. The summed E-state index contributed by atoms with van der Waals surface area (Å²) in [6, 6.07) is 1.75. The van der Waals surface area contributed by atoms with Crippen LogP contribution in [0.2, 0.25) is 0 Å². The highest BCUT2D eigenvalue weighted by Gasteiger charge is 2.33. The Morgan fingerprint density at radius 2 is 2.29 bits per heavy atom. The number of hydrogen-bond donors (Lipinski definition) is 1. The van der Waals surface area contributed by atoms with Gasteiger partial charge in [0.05, 0.1) is 0 Å². The summed E-state index contributed by atoms with van der Waals surface area (Å²) >= 11 is 1.23. The summed E-state index contributed by atoms with van der Waals surface area (Å²) in [7, 11) is 0. The van der Waals surface area contributed by atoms with Crippen LogP contribution in [-0.4, -0.2) is 17.0 Å². The number of thiophene rings is 1. The van der Waals surface area contributed by atoms with E-state index in [4.69, 9.17) is 5.11 Å². The van der Waals surface area contributed by atoms with E-state index in [2.05, 4.69) is 0 Å². The van der Waals surface area contributed by atoms with Crippen LogP contribution in [0.3, 0.4) is 0 Å². The molecule has 1 aromatic rings. The summed E-state index contributed by atoms with van der Waals surface area (Å²) in [5.41, 5.74) is 0.792. The number of alkyl halides is 2. The van der Waals surface area contributed by atoms with E-state index in [0.717, 1.165) is 5.56 Å². The fraction of sp³-hybridized carbons (Fsp3) is 0.444. The van der Waals surface area contributed by atoms with Crippen LogP contribution in [0, 0.1) is 6.92 Å². The third-order valence-corrected chi connectivity index (χ3v) is 2.82. The summed E-state index contributed by atoms with van der Waals surface area (Å²) in [5, 5.41) is 9.99. The van der Waals surface area contributed by atoms with E-state index in [1.54, 1.807) is 18.4 Å². The molecule has 5 heteroatoms. The van der Waals surface area contributed by atoms with E-state index < -0.39 is 24.7 Å². The van der Waals surface area contributed by atoms with E-state index in [9.17, 15) is 13.6 Å². The van der Waals surface area contributed by atoms with Crippen molar-refractivity contribution in [1.82, 2.24) is 0 Å². The van der Waals surface area contributed by atoms with Crippen molar-refractivity contribution in [3.8, 4) is 0 Å². The second-order valence-corrected chi connectivity index (χ2v) is 4.13. The van der Waals surface area contributed by atoms with Crippen LogP contribution in [0.1, 0.15) is 16.9 Å². The summed E-state index contributed by atoms with van der Waals surface area (Å²) in [5.74, 6) is -4.62. The molecule has 0 atom stereocenters. The zero-order valence-corrected chi connectivity index (χ0v) is 8.41. The third-order valence-electron chi connectivity index (χ3n) is 1.80. The fourth-order valence-electron chi connectivity index (χ4n) is 1.10. The van der Waals surface area contributed by atoms with Crippen LogP contribution in [0.5, 0.6) is 0 Å². The van der Waals surface area contributed by atoms with E-state index in [1.807, 2.05) is 0 Å². The van der Waals surface area contributed by atoms with Gasteiger partial charge in [-0.25, -0.2) is 8.78 Å². The minimum absolute atomic E-state index is 0.483. The fourth-order valence-corrected chi connectivity index (χ4v) is 2.09. The number of carboxylic acids is 1. The highest BCUT2D eigenvalue weighted by Crippen LogP contribution is 2.28. The molecule has 0 saturated heterocycles. The zero-order chi connectivity index (χ0) is 10.8. The Morgan fingerprint density at radius 1 is 1.64 bits per heavy atom. The average Bonchev–Trinajstić information content (AvgIpc) is 2.32. The maximum atomic E-state index is 13.0. The topological polar surface area (TPSA) is 37.3 Å². The van der Waals surface area contributed by atoms with E-state index >= 15 is 0 Å². The van der Waals surface area contributed by atoms with Crippen LogP contribution < -0.4 is 0 Å². The molecule has 0 aliphatic heterocycles. The first-order chi connectivity index (χ1) is 6.41. The van der Waals surface area contributed by atoms with Crippen LogP contribution in [0.4, 0.5) is 8.78 Å².